The van der Waals surface area contributed by atoms with Gasteiger partial charge in [0.25, 0.3) is 0 Å². The lowest BCUT2D eigenvalue weighted by Crippen LogP contribution is -2.22. The smallest absolute Gasteiger partial charge is 0.198 e. The van der Waals surface area contributed by atoms with E-state index in [-0.39, 0.29) is 0 Å². The summed E-state index contributed by atoms with van der Waals surface area (Å²) in [5, 5.41) is 10.6. The van der Waals surface area contributed by atoms with Crippen molar-refractivity contribution in [3.05, 3.63) is 96.1 Å². The van der Waals surface area contributed by atoms with Crippen LogP contribution in [-0.2, 0) is 12.8 Å². The van der Waals surface area contributed by atoms with Crippen LogP contribution >= 0.6 is 0 Å². The third-order valence-electron chi connectivity index (χ3n) is 6.10. The van der Waals surface area contributed by atoms with Crippen LogP contribution in [0.4, 0.5) is 11.4 Å². The maximum absolute atomic E-state index is 6.36. The van der Waals surface area contributed by atoms with Crippen LogP contribution < -0.4 is 11.1 Å². The summed E-state index contributed by atoms with van der Waals surface area (Å²) in [6.45, 7) is 0. The molecule has 0 atom stereocenters. The van der Waals surface area contributed by atoms with Crippen molar-refractivity contribution in [1.82, 2.24) is 0 Å². The molecule has 0 bridgehead atoms. The molecule has 6 rings (SSSR count). The van der Waals surface area contributed by atoms with E-state index >= 15 is 0 Å². The molecular weight excluding hydrogens is 366 g/mol. The minimum Gasteiger partial charge on any atom is -0.369 e. The Morgan fingerprint density at radius 3 is 2.30 bits per heavy atom. The van der Waals surface area contributed by atoms with Crippen molar-refractivity contribution < 1.29 is 0 Å². The van der Waals surface area contributed by atoms with Gasteiger partial charge in [-0.15, -0.1) is 0 Å². The Bertz CT molecular complexity index is 1470. The molecule has 0 radical (unpaired) electrons. The monoisotopic (exact) mass is 387 g/mol. The lowest BCUT2D eigenvalue weighted by atomic mass is 10.0. The molecule has 3 nitrogen and oxygen atoms in total. The molecule has 0 amide bonds. The molecule has 30 heavy (non-hydrogen) atoms. The highest BCUT2D eigenvalue weighted by molar-refractivity contribution is 6.08. The zero-order chi connectivity index (χ0) is 20.1. The standard InChI is InChI=1S/C27H21N3/c28-27(30-25-14-13-18-12-11-17-7-3-9-22(25)26(17)18)29-24-10-4-8-21-15-19-5-1-2-6-20(19)16-23(21)24/h1-10,13-16H,11-12H2,(H3,28,29,30). The van der Waals surface area contributed by atoms with E-state index in [0.717, 1.165) is 35.0 Å². The first-order chi connectivity index (χ1) is 14.8. The van der Waals surface area contributed by atoms with Crippen molar-refractivity contribution in [1.29, 1.82) is 0 Å². The lowest BCUT2D eigenvalue weighted by Gasteiger charge is -2.12. The average molecular weight is 387 g/mol. The van der Waals surface area contributed by atoms with E-state index in [4.69, 9.17) is 10.7 Å². The van der Waals surface area contributed by atoms with Crippen LogP contribution in [0.2, 0.25) is 0 Å². The first kappa shape index (κ1) is 17.0. The van der Waals surface area contributed by atoms with Crippen molar-refractivity contribution >= 4 is 49.7 Å². The molecule has 0 aromatic heterocycles. The van der Waals surface area contributed by atoms with Crippen LogP contribution in [0.25, 0.3) is 32.3 Å². The first-order valence-corrected chi connectivity index (χ1v) is 10.3. The first-order valence-electron chi connectivity index (χ1n) is 10.3. The van der Waals surface area contributed by atoms with Gasteiger partial charge in [0.15, 0.2) is 5.96 Å². The maximum Gasteiger partial charge on any atom is 0.198 e. The zero-order valence-corrected chi connectivity index (χ0v) is 16.5. The minimum absolute atomic E-state index is 0.398. The Morgan fingerprint density at radius 2 is 1.43 bits per heavy atom. The number of nitrogens with zero attached hydrogens (tertiary/aromatic N) is 1. The Hall–Kier alpha value is -3.85. The lowest BCUT2D eigenvalue weighted by molar-refractivity contribution is 1.02. The number of hydrogen-bond acceptors (Lipinski definition) is 1. The summed E-state index contributed by atoms with van der Waals surface area (Å²) in [5.74, 6) is 0.398. The van der Waals surface area contributed by atoms with Gasteiger partial charge < -0.3 is 11.1 Å². The Labute approximate surface area is 174 Å². The largest absolute Gasteiger partial charge is 0.369 e. The van der Waals surface area contributed by atoms with E-state index in [1.807, 2.05) is 12.1 Å². The van der Waals surface area contributed by atoms with Crippen LogP contribution in [0, 0.1) is 0 Å². The van der Waals surface area contributed by atoms with Gasteiger partial charge in [-0.3, -0.25) is 0 Å². The van der Waals surface area contributed by atoms with E-state index < -0.39 is 0 Å². The quantitative estimate of drug-likeness (QED) is 0.212. The van der Waals surface area contributed by atoms with Gasteiger partial charge in [-0.2, -0.15) is 0 Å². The predicted octanol–water partition coefficient (Wildman–Crippen LogP) is 6.30. The van der Waals surface area contributed by atoms with Gasteiger partial charge in [0.05, 0.1) is 5.69 Å². The van der Waals surface area contributed by atoms with Gasteiger partial charge in [-0.1, -0.05) is 60.7 Å². The molecule has 3 N–H and O–H groups in total. The minimum atomic E-state index is 0.398. The summed E-state index contributed by atoms with van der Waals surface area (Å²) < 4.78 is 0. The van der Waals surface area contributed by atoms with Gasteiger partial charge in [0.1, 0.15) is 0 Å². The maximum atomic E-state index is 6.36. The summed E-state index contributed by atoms with van der Waals surface area (Å²) in [6.07, 6.45) is 2.23. The summed E-state index contributed by atoms with van der Waals surface area (Å²) in [5.41, 5.74) is 11.1. The van der Waals surface area contributed by atoms with E-state index in [9.17, 15) is 0 Å². The second-order valence-electron chi connectivity index (χ2n) is 7.93. The fourth-order valence-electron chi connectivity index (χ4n) is 4.70. The highest BCUT2D eigenvalue weighted by Gasteiger charge is 2.16. The molecule has 144 valence electrons. The number of benzene rings is 5. The van der Waals surface area contributed by atoms with Crippen LogP contribution in [0.1, 0.15) is 11.1 Å². The second-order valence-corrected chi connectivity index (χ2v) is 7.93. The summed E-state index contributed by atoms with van der Waals surface area (Å²) >= 11 is 0. The molecule has 1 aliphatic carbocycles. The van der Waals surface area contributed by atoms with Gasteiger partial charge >= 0.3 is 0 Å². The highest BCUT2D eigenvalue weighted by Crippen LogP contribution is 2.35. The predicted molar refractivity (Wildman–Crippen MR) is 128 cm³/mol. The second kappa shape index (κ2) is 6.60. The van der Waals surface area contributed by atoms with E-state index in [0.29, 0.717) is 5.96 Å². The number of nitrogens with one attached hydrogen (secondary N) is 1. The van der Waals surface area contributed by atoms with Crippen LogP contribution in [0.15, 0.2) is 89.9 Å². The van der Waals surface area contributed by atoms with Gasteiger partial charge in [-0.05, 0) is 69.8 Å². The molecule has 0 unspecified atom stereocenters. The number of aliphatic imine (C=N–C) groups is 1. The van der Waals surface area contributed by atoms with Crippen molar-refractivity contribution in [2.75, 3.05) is 5.32 Å². The number of nitrogens with two attached hydrogens (primary N) is 1. The molecule has 5 aromatic carbocycles. The summed E-state index contributed by atoms with van der Waals surface area (Å²) in [7, 11) is 0. The number of hydrogen-bond donors (Lipinski definition) is 2. The number of aryl methyl sites for hydroxylation is 2. The summed E-state index contributed by atoms with van der Waals surface area (Å²) in [6, 6.07) is 29.8. The number of anilines is 1. The topological polar surface area (TPSA) is 50.4 Å². The average Bonchev–Trinajstić information content (AvgIpc) is 3.19. The molecule has 0 saturated carbocycles. The SMILES string of the molecule is NC(=Nc1cccc2cc3ccccc3cc12)Nc1ccc2c3c(cccc13)CC2. The zero-order valence-electron chi connectivity index (χ0n) is 16.5. The number of fused-ring (bicyclic) bond motifs is 2. The third-order valence-corrected chi connectivity index (χ3v) is 6.10. The fraction of sp³-hybridized carbons (Fsp3) is 0.0741. The molecule has 0 fully saturated rings. The Kier molecular flexibility index (Phi) is 3.75. The molecule has 0 saturated heterocycles. The molecule has 5 aromatic rings. The van der Waals surface area contributed by atoms with Crippen LogP contribution in [0.3, 0.4) is 0 Å². The molecule has 0 spiro atoms. The van der Waals surface area contributed by atoms with Gasteiger partial charge in [0.2, 0.25) is 0 Å². The van der Waals surface area contributed by atoms with Crippen LogP contribution in [0.5, 0.6) is 0 Å². The van der Waals surface area contributed by atoms with E-state index in [1.165, 1.54) is 32.7 Å². The van der Waals surface area contributed by atoms with Gasteiger partial charge in [0, 0.05) is 16.5 Å². The van der Waals surface area contributed by atoms with E-state index in [1.54, 1.807) is 0 Å². The molecule has 0 heterocycles. The molecule has 3 heteroatoms. The van der Waals surface area contributed by atoms with Gasteiger partial charge in [-0.25, -0.2) is 4.99 Å². The number of rotatable bonds is 2. The Morgan fingerprint density at radius 1 is 0.700 bits per heavy atom. The fourth-order valence-corrected chi connectivity index (χ4v) is 4.70. The molecule has 1 aliphatic rings. The van der Waals surface area contributed by atoms with Crippen molar-refractivity contribution in [2.45, 2.75) is 12.8 Å². The molecule has 0 aliphatic heterocycles. The van der Waals surface area contributed by atoms with Crippen molar-refractivity contribution in [2.24, 2.45) is 10.7 Å². The van der Waals surface area contributed by atoms with Crippen molar-refractivity contribution in [3.8, 4) is 0 Å². The normalized spacial score (nSPS) is 13.4. The highest BCUT2D eigenvalue weighted by atomic mass is 15.1. The Balaban J connectivity index is 1.43. The molecular formula is C27H21N3. The third kappa shape index (κ3) is 2.71. The van der Waals surface area contributed by atoms with Crippen molar-refractivity contribution in [3.63, 3.8) is 0 Å². The van der Waals surface area contributed by atoms with Crippen LogP contribution in [-0.4, -0.2) is 5.96 Å². The number of guanidine groups is 1. The van der Waals surface area contributed by atoms with E-state index in [2.05, 4.69) is 78.1 Å². The summed E-state index contributed by atoms with van der Waals surface area (Å²) in [4.78, 5) is 4.74.